The fourth-order valence-corrected chi connectivity index (χ4v) is 1.13. The minimum atomic E-state index is -0.871. The lowest BCUT2D eigenvalue weighted by Gasteiger charge is -2.26. The van der Waals surface area contributed by atoms with Gasteiger partial charge in [-0.3, -0.25) is 4.79 Å². The highest BCUT2D eigenvalue weighted by molar-refractivity contribution is 5.73. The molecule has 2 N–H and O–H groups in total. The lowest BCUT2D eigenvalue weighted by Crippen LogP contribution is -2.37. The molecule has 3 atom stereocenters. The Balaban J connectivity index is 4.32. The zero-order chi connectivity index (χ0) is 12.2. The van der Waals surface area contributed by atoms with Crippen molar-refractivity contribution in [3.8, 4) is 0 Å². The summed E-state index contributed by atoms with van der Waals surface area (Å²) in [5, 5.41) is 18.5. The Kier molecular flexibility index (Phi) is 5.24. The van der Waals surface area contributed by atoms with Gasteiger partial charge in [-0.1, -0.05) is 6.92 Å². The first-order valence-electron chi connectivity index (χ1n) is 5.21. The molecule has 0 fully saturated rings. The van der Waals surface area contributed by atoms with Gasteiger partial charge in [0.25, 0.3) is 0 Å². The van der Waals surface area contributed by atoms with Gasteiger partial charge in [0.05, 0.1) is 12.0 Å². The Bertz CT molecular complexity index is 207. The summed E-state index contributed by atoms with van der Waals surface area (Å²) in [5.41, 5.74) is -0.548. The molecule has 0 rings (SSSR count). The minimum absolute atomic E-state index is 0.145. The third kappa shape index (κ3) is 5.14. The molecule has 0 radical (unpaired) electrons. The molecule has 4 nitrogen and oxygen atoms in total. The molecule has 15 heavy (non-hydrogen) atoms. The Hall–Kier alpha value is -0.610. The predicted molar refractivity (Wildman–Crippen MR) is 57.3 cm³/mol. The molecule has 0 heterocycles. The van der Waals surface area contributed by atoms with Crippen LogP contribution in [-0.2, 0) is 9.53 Å². The highest BCUT2D eigenvalue weighted by atomic mass is 16.6. The number of aliphatic hydroxyl groups excluding tert-OH is 2. The number of hydrogen-bond donors (Lipinski definition) is 2. The molecule has 0 saturated carbocycles. The van der Waals surface area contributed by atoms with E-state index in [2.05, 4.69) is 0 Å². The van der Waals surface area contributed by atoms with Gasteiger partial charge in [0.2, 0.25) is 0 Å². The Labute approximate surface area is 91.3 Å². The van der Waals surface area contributed by atoms with Gasteiger partial charge in [-0.15, -0.1) is 0 Å². The second-order valence-electron chi connectivity index (χ2n) is 4.97. The van der Waals surface area contributed by atoms with Crippen LogP contribution in [0.5, 0.6) is 0 Å². The van der Waals surface area contributed by atoms with E-state index in [9.17, 15) is 9.90 Å². The monoisotopic (exact) mass is 218 g/mol. The SMILES string of the molecule is C[C@H](CO)[C@@H](O)[C@H](C)C(=O)OC(C)(C)C. The van der Waals surface area contributed by atoms with E-state index in [1.807, 2.05) is 0 Å². The number of ether oxygens (including phenoxy) is 1. The van der Waals surface area contributed by atoms with E-state index in [1.54, 1.807) is 34.6 Å². The van der Waals surface area contributed by atoms with Gasteiger partial charge in [0.1, 0.15) is 5.60 Å². The summed E-state index contributed by atoms with van der Waals surface area (Å²) < 4.78 is 5.13. The molecule has 0 aliphatic heterocycles. The molecule has 0 aromatic rings. The van der Waals surface area contributed by atoms with E-state index in [-0.39, 0.29) is 12.5 Å². The van der Waals surface area contributed by atoms with Crippen molar-refractivity contribution in [2.75, 3.05) is 6.61 Å². The number of carbonyl (C=O) groups excluding carboxylic acids is 1. The highest BCUT2D eigenvalue weighted by Gasteiger charge is 2.30. The fourth-order valence-electron chi connectivity index (χ4n) is 1.13. The molecule has 0 spiro atoms. The Morgan fingerprint density at radius 2 is 1.80 bits per heavy atom. The molecule has 0 aliphatic carbocycles. The zero-order valence-electron chi connectivity index (χ0n) is 10.2. The fraction of sp³-hybridized carbons (Fsp3) is 0.909. The molecule has 0 aromatic heterocycles. The molecule has 0 unspecified atom stereocenters. The summed E-state index contributed by atoms with van der Waals surface area (Å²) in [6, 6.07) is 0. The van der Waals surface area contributed by atoms with E-state index >= 15 is 0 Å². The van der Waals surface area contributed by atoms with E-state index in [0.29, 0.717) is 0 Å². The molecule has 0 aromatic carbocycles. The molecule has 0 saturated heterocycles. The first-order valence-corrected chi connectivity index (χ1v) is 5.21. The zero-order valence-corrected chi connectivity index (χ0v) is 10.2. The van der Waals surface area contributed by atoms with Gasteiger partial charge in [-0.25, -0.2) is 0 Å². The third-order valence-electron chi connectivity index (χ3n) is 2.16. The number of rotatable bonds is 4. The molecule has 0 amide bonds. The molecular formula is C11H22O4. The maximum absolute atomic E-state index is 11.6. The van der Waals surface area contributed by atoms with E-state index < -0.39 is 23.6 Å². The van der Waals surface area contributed by atoms with Crippen molar-refractivity contribution in [2.24, 2.45) is 11.8 Å². The average molecular weight is 218 g/mol. The van der Waals surface area contributed by atoms with Crippen LogP contribution in [0.1, 0.15) is 34.6 Å². The van der Waals surface area contributed by atoms with Gasteiger partial charge in [-0.05, 0) is 27.7 Å². The van der Waals surface area contributed by atoms with Crippen LogP contribution in [0.15, 0.2) is 0 Å². The van der Waals surface area contributed by atoms with Crippen molar-refractivity contribution in [1.29, 1.82) is 0 Å². The van der Waals surface area contributed by atoms with Gasteiger partial charge >= 0.3 is 5.97 Å². The van der Waals surface area contributed by atoms with Crippen molar-refractivity contribution in [2.45, 2.75) is 46.3 Å². The lowest BCUT2D eigenvalue weighted by atomic mass is 9.94. The molecular weight excluding hydrogens is 196 g/mol. The van der Waals surface area contributed by atoms with E-state index in [1.165, 1.54) is 0 Å². The first kappa shape index (κ1) is 14.4. The summed E-state index contributed by atoms with van der Waals surface area (Å²) in [7, 11) is 0. The molecule has 0 aliphatic rings. The standard InChI is InChI=1S/C11H22O4/c1-7(6-12)9(13)8(2)10(14)15-11(3,4)5/h7-9,12-13H,6H2,1-5H3/t7-,8+,9-/m1/s1. The second kappa shape index (κ2) is 5.47. The normalized spacial score (nSPS) is 18.1. The van der Waals surface area contributed by atoms with Crippen molar-refractivity contribution < 1.29 is 19.7 Å². The maximum Gasteiger partial charge on any atom is 0.311 e. The van der Waals surface area contributed by atoms with E-state index in [4.69, 9.17) is 9.84 Å². The number of esters is 1. The summed E-state index contributed by atoms with van der Waals surface area (Å²) >= 11 is 0. The first-order chi connectivity index (χ1) is 6.69. The highest BCUT2D eigenvalue weighted by Crippen LogP contribution is 2.17. The average Bonchev–Trinajstić information content (AvgIpc) is 2.11. The minimum Gasteiger partial charge on any atom is -0.460 e. The Morgan fingerprint density at radius 3 is 2.13 bits per heavy atom. The van der Waals surface area contributed by atoms with Crippen LogP contribution < -0.4 is 0 Å². The van der Waals surface area contributed by atoms with Crippen LogP contribution >= 0.6 is 0 Å². The van der Waals surface area contributed by atoms with E-state index in [0.717, 1.165) is 0 Å². The van der Waals surface area contributed by atoms with Gasteiger partial charge in [0.15, 0.2) is 0 Å². The largest absolute Gasteiger partial charge is 0.460 e. The third-order valence-corrected chi connectivity index (χ3v) is 2.16. The maximum atomic E-state index is 11.6. The molecule has 0 bridgehead atoms. The van der Waals surface area contributed by atoms with Crippen molar-refractivity contribution in [3.05, 3.63) is 0 Å². The number of hydrogen-bond acceptors (Lipinski definition) is 4. The van der Waals surface area contributed by atoms with Crippen LogP contribution in [0.25, 0.3) is 0 Å². The quantitative estimate of drug-likeness (QED) is 0.690. The summed E-state index contributed by atoms with van der Waals surface area (Å²) in [6.45, 7) is 8.48. The van der Waals surface area contributed by atoms with Crippen LogP contribution in [-0.4, -0.2) is 34.5 Å². The summed E-state index contributed by atoms with van der Waals surface area (Å²) in [5.74, 6) is -1.38. The van der Waals surface area contributed by atoms with Crippen molar-refractivity contribution in [3.63, 3.8) is 0 Å². The molecule has 4 heteroatoms. The van der Waals surface area contributed by atoms with Gasteiger partial charge in [-0.2, -0.15) is 0 Å². The summed E-state index contributed by atoms with van der Waals surface area (Å²) in [4.78, 5) is 11.6. The Morgan fingerprint density at radius 1 is 1.33 bits per heavy atom. The topological polar surface area (TPSA) is 66.8 Å². The van der Waals surface area contributed by atoms with Crippen molar-refractivity contribution >= 4 is 5.97 Å². The number of carbonyl (C=O) groups is 1. The van der Waals surface area contributed by atoms with Crippen LogP contribution in [0.2, 0.25) is 0 Å². The van der Waals surface area contributed by atoms with Crippen molar-refractivity contribution in [1.82, 2.24) is 0 Å². The van der Waals surface area contributed by atoms with Gasteiger partial charge in [0, 0.05) is 12.5 Å². The molecule has 90 valence electrons. The predicted octanol–water partition coefficient (Wildman–Crippen LogP) is 0.953. The second-order valence-corrected chi connectivity index (χ2v) is 4.97. The van der Waals surface area contributed by atoms with Gasteiger partial charge < -0.3 is 14.9 Å². The number of aliphatic hydroxyl groups is 2. The van der Waals surface area contributed by atoms with Crippen LogP contribution in [0.3, 0.4) is 0 Å². The van der Waals surface area contributed by atoms with Crippen LogP contribution in [0.4, 0.5) is 0 Å². The lowest BCUT2D eigenvalue weighted by molar-refractivity contribution is -0.164. The summed E-state index contributed by atoms with van der Waals surface area (Å²) in [6.07, 6.45) is -0.871. The van der Waals surface area contributed by atoms with Crippen LogP contribution in [0, 0.1) is 11.8 Å². The smallest absolute Gasteiger partial charge is 0.311 e.